The summed E-state index contributed by atoms with van der Waals surface area (Å²) in [5.74, 6) is -0.0827. The lowest BCUT2D eigenvalue weighted by atomic mass is 10.2. The van der Waals surface area contributed by atoms with E-state index in [4.69, 9.17) is 16.7 Å². The lowest BCUT2D eigenvalue weighted by Crippen LogP contribution is -1.89. The van der Waals surface area contributed by atoms with Crippen LogP contribution < -0.4 is 0 Å². The fraction of sp³-hybridized carbons (Fsp3) is 0.0833. The van der Waals surface area contributed by atoms with Gasteiger partial charge in [0.1, 0.15) is 4.88 Å². The van der Waals surface area contributed by atoms with Gasteiger partial charge in [-0.1, -0.05) is 23.7 Å². The van der Waals surface area contributed by atoms with Gasteiger partial charge in [-0.2, -0.15) is 0 Å². The number of thiophene rings is 1. The highest BCUT2D eigenvalue weighted by atomic mass is 35.5. The highest BCUT2D eigenvalue weighted by Crippen LogP contribution is 2.28. The second-order valence-electron chi connectivity index (χ2n) is 3.37. The van der Waals surface area contributed by atoms with Crippen LogP contribution in [0.2, 0.25) is 5.02 Å². The van der Waals surface area contributed by atoms with E-state index in [1.807, 2.05) is 29.6 Å². The zero-order valence-corrected chi connectivity index (χ0v) is 11.1. The van der Waals surface area contributed by atoms with Gasteiger partial charge < -0.3 is 5.11 Å². The number of thioether (sulfide) groups is 1. The summed E-state index contributed by atoms with van der Waals surface area (Å²) in [6.45, 7) is 0. The van der Waals surface area contributed by atoms with Crippen LogP contribution in [-0.4, -0.2) is 11.1 Å². The molecule has 5 heteroatoms. The molecule has 1 heterocycles. The van der Waals surface area contributed by atoms with E-state index in [2.05, 4.69) is 0 Å². The molecule has 0 saturated heterocycles. The molecule has 1 N–H and O–H groups in total. The SMILES string of the molecule is O=C(O)c1cc(SCc2cccc(Cl)c2)cs1. The molecule has 0 saturated carbocycles. The van der Waals surface area contributed by atoms with Crippen molar-refractivity contribution in [1.82, 2.24) is 0 Å². The molecule has 1 aromatic heterocycles. The molecular formula is C12H9ClO2S2. The minimum atomic E-state index is -0.871. The first kappa shape index (κ1) is 12.5. The van der Waals surface area contributed by atoms with Crippen LogP contribution in [-0.2, 0) is 5.75 Å². The van der Waals surface area contributed by atoms with Crippen LogP contribution in [0.25, 0.3) is 0 Å². The van der Waals surface area contributed by atoms with Crippen molar-refractivity contribution in [2.45, 2.75) is 10.6 Å². The monoisotopic (exact) mass is 284 g/mol. The highest BCUT2D eigenvalue weighted by Gasteiger charge is 2.07. The summed E-state index contributed by atoms with van der Waals surface area (Å²) in [6, 6.07) is 9.36. The Morgan fingerprint density at radius 2 is 2.24 bits per heavy atom. The van der Waals surface area contributed by atoms with E-state index in [0.29, 0.717) is 4.88 Å². The zero-order chi connectivity index (χ0) is 12.3. The normalized spacial score (nSPS) is 10.4. The van der Waals surface area contributed by atoms with Gasteiger partial charge in [0.25, 0.3) is 0 Å². The van der Waals surface area contributed by atoms with Crippen molar-refractivity contribution in [3.63, 3.8) is 0 Å². The molecule has 0 unspecified atom stereocenters. The molecular weight excluding hydrogens is 276 g/mol. The second-order valence-corrected chi connectivity index (χ2v) is 5.77. The van der Waals surface area contributed by atoms with Crippen LogP contribution >= 0.6 is 34.7 Å². The van der Waals surface area contributed by atoms with E-state index >= 15 is 0 Å². The molecule has 0 bridgehead atoms. The van der Waals surface area contributed by atoms with E-state index in [1.54, 1.807) is 17.8 Å². The number of hydrogen-bond acceptors (Lipinski definition) is 3. The molecule has 0 amide bonds. The van der Waals surface area contributed by atoms with E-state index < -0.39 is 5.97 Å². The van der Waals surface area contributed by atoms with Gasteiger partial charge >= 0.3 is 5.97 Å². The number of carbonyl (C=O) groups is 1. The first-order valence-corrected chi connectivity index (χ1v) is 7.08. The predicted octanol–water partition coefficient (Wildman–Crippen LogP) is 4.39. The number of halogens is 1. The molecule has 17 heavy (non-hydrogen) atoms. The van der Waals surface area contributed by atoms with Crippen LogP contribution in [0.15, 0.2) is 40.6 Å². The molecule has 0 atom stereocenters. The molecule has 0 aliphatic carbocycles. The summed E-state index contributed by atoms with van der Waals surface area (Å²) in [4.78, 5) is 12.1. The Morgan fingerprint density at radius 1 is 1.41 bits per heavy atom. The Bertz CT molecular complexity index is 537. The summed E-state index contributed by atoms with van der Waals surface area (Å²) in [6.07, 6.45) is 0. The Balaban J connectivity index is 2.00. The molecule has 0 aliphatic heterocycles. The summed E-state index contributed by atoms with van der Waals surface area (Å²) in [5.41, 5.74) is 1.13. The van der Waals surface area contributed by atoms with Gasteiger partial charge in [-0.25, -0.2) is 4.79 Å². The van der Waals surface area contributed by atoms with Crippen molar-refractivity contribution >= 4 is 40.7 Å². The smallest absolute Gasteiger partial charge is 0.345 e. The van der Waals surface area contributed by atoms with Crippen molar-refractivity contribution in [1.29, 1.82) is 0 Å². The lowest BCUT2D eigenvalue weighted by Gasteiger charge is -2.00. The van der Waals surface area contributed by atoms with Gasteiger partial charge in [-0.3, -0.25) is 0 Å². The molecule has 0 spiro atoms. The first-order valence-electron chi connectivity index (χ1n) is 4.84. The van der Waals surface area contributed by atoms with Crippen molar-refractivity contribution < 1.29 is 9.90 Å². The van der Waals surface area contributed by atoms with Gasteiger partial charge in [0.2, 0.25) is 0 Å². The Labute approximate surface area is 112 Å². The van der Waals surface area contributed by atoms with E-state index in [9.17, 15) is 4.79 Å². The van der Waals surface area contributed by atoms with Crippen LogP contribution in [0.1, 0.15) is 15.2 Å². The van der Waals surface area contributed by atoms with Gasteiger partial charge in [-0.15, -0.1) is 23.1 Å². The highest BCUT2D eigenvalue weighted by molar-refractivity contribution is 7.98. The molecule has 0 radical (unpaired) electrons. The molecule has 2 nitrogen and oxygen atoms in total. The number of benzene rings is 1. The van der Waals surface area contributed by atoms with E-state index in [1.165, 1.54) is 11.3 Å². The topological polar surface area (TPSA) is 37.3 Å². The molecule has 1 aromatic carbocycles. The van der Waals surface area contributed by atoms with Crippen LogP contribution in [0.4, 0.5) is 0 Å². The third-order valence-electron chi connectivity index (χ3n) is 2.08. The lowest BCUT2D eigenvalue weighted by molar-refractivity contribution is 0.0702. The molecule has 2 aromatic rings. The third kappa shape index (κ3) is 3.49. The maximum Gasteiger partial charge on any atom is 0.345 e. The van der Waals surface area contributed by atoms with Gasteiger partial charge in [0.05, 0.1) is 0 Å². The number of hydrogen-bond donors (Lipinski definition) is 1. The van der Waals surface area contributed by atoms with Gasteiger partial charge in [0.15, 0.2) is 0 Å². The maximum absolute atomic E-state index is 10.7. The van der Waals surface area contributed by atoms with Gasteiger partial charge in [-0.05, 0) is 23.8 Å². The minimum absolute atomic E-state index is 0.374. The molecule has 88 valence electrons. The van der Waals surface area contributed by atoms with Crippen LogP contribution in [0.3, 0.4) is 0 Å². The fourth-order valence-electron chi connectivity index (χ4n) is 1.30. The molecule has 0 fully saturated rings. The number of carboxylic acid groups (broad SMARTS) is 1. The van der Waals surface area contributed by atoms with Crippen molar-refractivity contribution in [2.75, 3.05) is 0 Å². The number of rotatable bonds is 4. The van der Waals surface area contributed by atoms with Crippen LogP contribution in [0, 0.1) is 0 Å². The molecule has 2 rings (SSSR count). The third-order valence-corrected chi connectivity index (χ3v) is 4.43. The Kier molecular flexibility index (Phi) is 4.10. The zero-order valence-electron chi connectivity index (χ0n) is 8.72. The minimum Gasteiger partial charge on any atom is -0.477 e. The fourth-order valence-corrected chi connectivity index (χ4v) is 3.33. The quantitative estimate of drug-likeness (QED) is 0.846. The largest absolute Gasteiger partial charge is 0.477 e. The average molecular weight is 285 g/mol. The summed E-state index contributed by atoms with van der Waals surface area (Å²) in [7, 11) is 0. The molecule has 0 aliphatic rings. The standard InChI is InChI=1S/C12H9ClO2S2/c13-9-3-1-2-8(4-9)6-16-10-5-11(12(14)15)17-7-10/h1-5,7H,6H2,(H,14,15). The van der Waals surface area contributed by atoms with E-state index in [-0.39, 0.29) is 0 Å². The summed E-state index contributed by atoms with van der Waals surface area (Å²) >= 11 is 8.75. The Hall–Kier alpha value is -0.970. The van der Waals surface area contributed by atoms with Crippen molar-refractivity contribution in [3.8, 4) is 0 Å². The maximum atomic E-state index is 10.7. The van der Waals surface area contributed by atoms with Gasteiger partial charge in [0, 0.05) is 21.1 Å². The summed E-state index contributed by atoms with van der Waals surface area (Å²) < 4.78 is 0. The van der Waals surface area contributed by atoms with E-state index in [0.717, 1.165) is 21.2 Å². The number of carboxylic acids is 1. The predicted molar refractivity (Wildman–Crippen MR) is 72.3 cm³/mol. The van der Waals surface area contributed by atoms with Crippen molar-refractivity contribution in [2.24, 2.45) is 0 Å². The average Bonchev–Trinajstić information content (AvgIpc) is 2.75. The second kappa shape index (κ2) is 5.58. The first-order chi connectivity index (χ1) is 8.15. The van der Waals surface area contributed by atoms with Crippen LogP contribution in [0.5, 0.6) is 0 Å². The number of aromatic carboxylic acids is 1. The Morgan fingerprint density at radius 3 is 2.88 bits per heavy atom. The van der Waals surface area contributed by atoms with Crippen molar-refractivity contribution in [3.05, 3.63) is 51.2 Å². The summed E-state index contributed by atoms with van der Waals surface area (Å²) in [5, 5.41) is 11.4.